The molecule has 1 fully saturated rings. The predicted molar refractivity (Wildman–Crippen MR) is 51.4 cm³/mol. The molecule has 1 amide bonds. The first-order valence-electron chi connectivity index (χ1n) is 4.73. The van der Waals surface area contributed by atoms with Gasteiger partial charge >= 0.3 is 0 Å². The standard InChI is InChI=1S/C10H17NO2/c1-3-4-9(2)10(12)11-5-7-13-8-6-11/h3,9H,1,4-8H2,2H3. The van der Waals surface area contributed by atoms with Gasteiger partial charge in [0.25, 0.3) is 0 Å². The summed E-state index contributed by atoms with van der Waals surface area (Å²) in [7, 11) is 0. The van der Waals surface area contributed by atoms with Gasteiger partial charge in [0.2, 0.25) is 5.91 Å². The van der Waals surface area contributed by atoms with Crippen LogP contribution in [0.1, 0.15) is 13.3 Å². The molecule has 74 valence electrons. The number of ether oxygens (including phenoxy) is 1. The molecule has 0 aromatic heterocycles. The Morgan fingerprint density at radius 2 is 2.23 bits per heavy atom. The monoisotopic (exact) mass is 183 g/mol. The van der Waals surface area contributed by atoms with Gasteiger partial charge in [0, 0.05) is 19.0 Å². The second kappa shape index (κ2) is 5.02. The molecular formula is C10H17NO2. The lowest BCUT2D eigenvalue weighted by atomic mass is 10.1. The third kappa shape index (κ3) is 2.84. The normalized spacial score (nSPS) is 19.6. The first-order chi connectivity index (χ1) is 6.25. The molecule has 0 bridgehead atoms. The quantitative estimate of drug-likeness (QED) is 0.612. The first kappa shape index (κ1) is 10.3. The lowest BCUT2D eigenvalue weighted by molar-refractivity contribution is -0.138. The number of allylic oxidation sites excluding steroid dienone is 1. The Hall–Kier alpha value is -0.830. The van der Waals surface area contributed by atoms with E-state index in [1.165, 1.54) is 0 Å². The molecule has 0 aromatic carbocycles. The molecule has 0 saturated carbocycles. The maximum Gasteiger partial charge on any atom is 0.225 e. The summed E-state index contributed by atoms with van der Waals surface area (Å²) in [5.74, 6) is 0.291. The molecule has 0 spiro atoms. The van der Waals surface area contributed by atoms with Crippen molar-refractivity contribution in [2.45, 2.75) is 13.3 Å². The zero-order valence-corrected chi connectivity index (χ0v) is 8.16. The molecule has 1 atom stereocenters. The van der Waals surface area contributed by atoms with Crippen molar-refractivity contribution in [1.82, 2.24) is 4.90 Å². The van der Waals surface area contributed by atoms with Gasteiger partial charge in [-0.1, -0.05) is 13.0 Å². The van der Waals surface area contributed by atoms with E-state index in [9.17, 15) is 4.79 Å². The minimum Gasteiger partial charge on any atom is -0.378 e. The van der Waals surface area contributed by atoms with Crippen LogP contribution in [0.25, 0.3) is 0 Å². The summed E-state index contributed by atoms with van der Waals surface area (Å²) >= 11 is 0. The van der Waals surface area contributed by atoms with E-state index in [-0.39, 0.29) is 11.8 Å². The summed E-state index contributed by atoms with van der Waals surface area (Å²) < 4.78 is 5.18. The van der Waals surface area contributed by atoms with Crippen LogP contribution < -0.4 is 0 Å². The Morgan fingerprint density at radius 3 is 2.77 bits per heavy atom. The zero-order valence-electron chi connectivity index (χ0n) is 8.16. The van der Waals surface area contributed by atoms with Crippen molar-refractivity contribution in [3.63, 3.8) is 0 Å². The largest absolute Gasteiger partial charge is 0.378 e. The third-order valence-electron chi connectivity index (χ3n) is 2.26. The summed E-state index contributed by atoms with van der Waals surface area (Å²) in [4.78, 5) is 13.6. The fourth-order valence-electron chi connectivity index (χ4n) is 1.45. The Balaban J connectivity index is 2.40. The highest BCUT2D eigenvalue weighted by molar-refractivity contribution is 5.78. The average Bonchev–Trinajstić information content (AvgIpc) is 2.18. The topological polar surface area (TPSA) is 29.5 Å². The Morgan fingerprint density at radius 1 is 1.62 bits per heavy atom. The van der Waals surface area contributed by atoms with Gasteiger partial charge in [-0.3, -0.25) is 4.79 Å². The summed E-state index contributed by atoms with van der Waals surface area (Å²) in [6.07, 6.45) is 2.55. The molecule has 1 unspecified atom stereocenters. The van der Waals surface area contributed by atoms with Gasteiger partial charge in [-0.15, -0.1) is 6.58 Å². The maximum absolute atomic E-state index is 11.7. The van der Waals surface area contributed by atoms with Gasteiger partial charge in [-0.05, 0) is 6.42 Å². The minimum atomic E-state index is 0.0654. The average molecular weight is 183 g/mol. The maximum atomic E-state index is 11.7. The molecular weight excluding hydrogens is 166 g/mol. The number of hydrogen-bond acceptors (Lipinski definition) is 2. The van der Waals surface area contributed by atoms with Crippen LogP contribution in [0, 0.1) is 5.92 Å². The van der Waals surface area contributed by atoms with Crippen LogP contribution in [0.2, 0.25) is 0 Å². The van der Waals surface area contributed by atoms with Gasteiger partial charge in [0.1, 0.15) is 0 Å². The van der Waals surface area contributed by atoms with E-state index in [2.05, 4.69) is 6.58 Å². The van der Waals surface area contributed by atoms with Crippen molar-refractivity contribution in [2.24, 2.45) is 5.92 Å². The van der Waals surface area contributed by atoms with Crippen LogP contribution in [-0.2, 0) is 9.53 Å². The molecule has 0 aliphatic carbocycles. The van der Waals surface area contributed by atoms with Crippen LogP contribution in [0.4, 0.5) is 0 Å². The van der Waals surface area contributed by atoms with Crippen molar-refractivity contribution >= 4 is 5.91 Å². The van der Waals surface area contributed by atoms with Gasteiger partial charge < -0.3 is 9.64 Å². The molecule has 1 aliphatic rings. The predicted octanol–water partition coefficient (Wildman–Crippen LogP) is 1.06. The van der Waals surface area contributed by atoms with Gasteiger partial charge in [-0.25, -0.2) is 0 Å². The Bertz CT molecular complexity index is 185. The van der Waals surface area contributed by atoms with Crippen molar-refractivity contribution < 1.29 is 9.53 Å². The third-order valence-corrected chi connectivity index (χ3v) is 2.26. The molecule has 0 aromatic rings. The van der Waals surface area contributed by atoms with E-state index in [0.717, 1.165) is 19.5 Å². The van der Waals surface area contributed by atoms with Crippen LogP contribution in [0.3, 0.4) is 0 Å². The second-order valence-electron chi connectivity index (χ2n) is 3.36. The van der Waals surface area contributed by atoms with Gasteiger partial charge in [-0.2, -0.15) is 0 Å². The number of morpholine rings is 1. The van der Waals surface area contributed by atoms with Crippen molar-refractivity contribution in [2.75, 3.05) is 26.3 Å². The van der Waals surface area contributed by atoms with Crippen LogP contribution >= 0.6 is 0 Å². The smallest absolute Gasteiger partial charge is 0.225 e. The number of hydrogen-bond donors (Lipinski definition) is 0. The fourth-order valence-corrected chi connectivity index (χ4v) is 1.45. The SMILES string of the molecule is C=CCC(C)C(=O)N1CCOCC1. The molecule has 1 saturated heterocycles. The van der Waals surface area contributed by atoms with Crippen molar-refractivity contribution in [3.8, 4) is 0 Å². The van der Waals surface area contributed by atoms with E-state index in [1.54, 1.807) is 6.08 Å². The molecule has 13 heavy (non-hydrogen) atoms. The Labute approximate surface area is 79.4 Å². The molecule has 1 aliphatic heterocycles. The molecule has 3 nitrogen and oxygen atoms in total. The van der Waals surface area contributed by atoms with E-state index < -0.39 is 0 Å². The number of nitrogens with zero attached hydrogens (tertiary/aromatic N) is 1. The van der Waals surface area contributed by atoms with Crippen LogP contribution in [0.5, 0.6) is 0 Å². The molecule has 1 rings (SSSR count). The van der Waals surface area contributed by atoms with E-state index >= 15 is 0 Å². The van der Waals surface area contributed by atoms with E-state index in [1.807, 2.05) is 11.8 Å². The van der Waals surface area contributed by atoms with Crippen molar-refractivity contribution in [1.29, 1.82) is 0 Å². The second-order valence-corrected chi connectivity index (χ2v) is 3.36. The number of carbonyl (C=O) groups excluding carboxylic acids is 1. The lowest BCUT2D eigenvalue weighted by Crippen LogP contribution is -2.43. The highest BCUT2D eigenvalue weighted by Crippen LogP contribution is 2.09. The molecule has 0 N–H and O–H groups in total. The lowest BCUT2D eigenvalue weighted by Gasteiger charge is -2.28. The van der Waals surface area contributed by atoms with E-state index in [4.69, 9.17) is 4.74 Å². The summed E-state index contributed by atoms with van der Waals surface area (Å²) in [5, 5.41) is 0. The zero-order chi connectivity index (χ0) is 9.68. The number of rotatable bonds is 3. The molecule has 3 heteroatoms. The van der Waals surface area contributed by atoms with Crippen molar-refractivity contribution in [3.05, 3.63) is 12.7 Å². The summed E-state index contributed by atoms with van der Waals surface area (Å²) in [6.45, 7) is 8.40. The first-order valence-corrected chi connectivity index (χ1v) is 4.73. The molecule has 0 radical (unpaired) electrons. The summed E-state index contributed by atoms with van der Waals surface area (Å²) in [5.41, 5.74) is 0. The highest BCUT2D eigenvalue weighted by Gasteiger charge is 2.20. The summed E-state index contributed by atoms with van der Waals surface area (Å²) in [6, 6.07) is 0. The van der Waals surface area contributed by atoms with Crippen LogP contribution in [0.15, 0.2) is 12.7 Å². The number of carbonyl (C=O) groups is 1. The number of amides is 1. The van der Waals surface area contributed by atoms with Gasteiger partial charge in [0.15, 0.2) is 0 Å². The van der Waals surface area contributed by atoms with E-state index in [0.29, 0.717) is 13.2 Å². The van der Waals surface area contributed by atoms with Gasteiger partial charge in [0.05, 0.1) is 13.2 Å². The van der Waals surface area contributed by atoms with Crippen LogP contribution in [-0.4, -0.2) is 37.1 Å². The minimum absolute atomic E-state index is 0.0654. The molecule has 1 heterocycles. The fraction of sp³-hybridized carbons (Fsp3) is 0.700. The highest BCUT2D eigenvalue weighted by atomic mass is 16.5. The Kier molecular flexibility index (Phi) is 3.96.